The minimum atomic E-state index is -0.741. The van der Waals surface area contributed by atoms with E-state index in [1.807, 2.05) is 13.8 Å². The smallest absolute Gasteiger partial charge is 0.408 e. The molecule has 1 aromatic heterocycles. The van der Waals surface area contributed by atoms with E-state index in [2.05, 4.69) is 20.8 Å². The molecule has 0 aliphatic carbocycles. The molecular weight excluding hydrogens is 350 g/mol. The Kier molecular flexibility index (Phi) is 8.01. The van der Waals surface area contributed by atoms with E-state index in [-0.39, 0.29) is 24.4 Å². The van der Waals surface area contributed by atoms with Crippen molar-refractivity contribution in [2.24, 2.45) is 10.9 Å². The van der Waals surface area contributed by atoms with Crippen molar-refractivity contribution in [2.75, 3.05) is 0 Å². The fourth-order valence-corrected chi connectivity index (χ4v) is 1.78. The van der Waals surface area contributed by atoms with E-state index in [0.29, 0.717) is 11.3 Å². The quantitative estimate of drug-likeness (QED) is 0.375. The fraction of sp³-hybridized carbons (Fsp3) is 0.556. The van der Waals surface area contributed by atoms with Gasteiger partial charge in [-0.1, -0.05) is 5.16 Å². The van der Waals surface area contributed by atoms with E-state index in [0.717, 1.165) is 0 Å². The summed E-state index contributed by atoms with van der Waals surface area (Å²) in [6, 6.07) is 2.72. The molecule has 1 rings (SSSR count). The summed E-state index contributed by atoms with van der Waals surface area (Å²) in [6.45, 7) is 10.7. The first kappa shape index (κ1) is 22.2. The van der Waals surface area contributed by atoms with E-state index in [4.69, 9.17) is 15.3 Å². The minimum absolute atomic E-state index is 0.0673. The third-order valence-electron chi connectivity index (χ3n) is 3.05. The summed E-state index contributed by atoms with van der Waals surface area (Å²) >= 11 is 0. The van der Waals surface area contributed by atoms with Gasteiger partial charge in [0.25, 0.3) is 0 Å². The maximum absolute atomic E-state index is 12.1. The van der Waals surface area contributed by atoms with Crippen LogP contribution in [0.15, 0.2) is 23.5 Å². The van der Waals surface area contributed by atoms with Gasteiger partial charge in [-0.05, 0) is 53.7 Å². The van der Waals surface area contributed by atoms with Crippen molar-refractivity contribution in [3.05, 3.63) is 29.6 Å². The molecule has 0 spiro atoms. The van der Waals surface area contributed by atoms with Crippen LogP contribution in [0, 0.1) is 0 Å². The van der Waals surface area contributed by atoms with E-state index in [1.54, 1.807) is 46.0 Å². The summed E-state index contributed by atoms with van der Waals surface area (Å²) in [5.41, 5.74) is 6.43. The predicted octanol–water partition coefficient (Wildman–Crippen LogP) is 1.66. The van der Waals surface area contributed by atoms with Gasteiger partial charge < -0.3 is 25.9 Å². The number of hydrogen-bond donors (Lipinski definition) is 3. The minimum Gasteiger partial charge on any atom is -0.444 e. The summed E-state index contributed by atoms with van der Waals surface area (Å²) in [5, 5.41) is 8.98. The average Bonchev–Trinajstić information content (AvgIpc) is 2.56. The van der Waals surface area contributed by atoms with E-state index >= 15 is 0 Å². The van der Waals surface area contributed by atoms with Crippen LogP contribution in [0.2, 0.25) is 0 Å². The van der Waals surface area contributed by atoms with Crippen LogP contribution >= 0.6 is 0 Å². The second-order valence-electron chi connectivity index (χ2n) is 7.25. The van der Waals surface area contributed by atoms with Crippen LogP contribution in [0.1, 0.15) is 52.8 Å². The van der Waals surface area contributed by atoms with Crippen LogP contribution in [0.4, 0.5) is 4.79 Å². The van der Waals surface area contributed by atoms with Crippen molar-refractivity contribution in [1.82, 2.24) is 15.6 Å². The molecule has 0 saturated carbocycles. The molecule has 1 heterocycles. The van der Waals surface area contributed by atoms with Crippen LogP contribution in [0.25, 0.3) is 0 Å². The molecule has 1 unspecified atom stereocenters. The van der Waals surface area contributed by atoms with Gasteiger partial charge in [0.1, 0.15) is 17.7 Å². The fourth-order valence-electron chi connectivity index (χ4n) is 1.78. The molecule has 150 valence electrons. The number of nitrogens with zero attached hydrogens (tertiary/aromatic N) is 2. The number of rotatable bonds is 7. The Bertz CT molecular complexity index is 665. The largest absolute Gasteiger partial charge is 0.444 e. The number of nitrogens with one attached hydrogen (secondary N) is 2. The van der Waals surface area contributed by atoms with Gasteiger partial charge in [0.05, 0.1) is 12.2 Å². The summed E-state index contributed by atoms with van der Waals surface area (Å²) in [4.78, 5) is 33.1. The summed E-state index contributed by atoms with van der Waals surface area (Å²) < 4.78 is 5.12. The van der Waals surface area contributed by atoms with Crippen molar-refractivity contribution in [3.8, 4) is 0 Å². The molecule has 4 N–H and O–H groups in total. The number of amidine groups is 1. The van der Waals surface area contributed by atoms with Gasteiger partial charge >= 0.3 is 6.09 Å². The Morgan fingerprint density at radius 1 is 1.26 bits per heavy atom. The van der Waals surface area contributed by atoms with Crippen molar-refractivity contribution in [1.29, 1.82) is 0 Å². The number of pyridine rings is 1. The second-order valence-corrected chi connectivity index (χ2v) is 7.25. The summed E-state index contributed by atoms with van der Waals surface area (Å²) in [7, 11) is 0. The molecule has 0 aliphatic heterocycles. The van der Waals surface area contributed by atoms with Crippen LogP contribution in [0.5, 0.6) is 0 Å². The molecule has 9 nitrogen and oxygen atoms in total. The molecule has 0 radical (unpaired) electrons. The van der Waals surface area contributed by atoms with Crippen molar-refractivity contribution >= 4 is 17.8 Å². The third-order valence-corrected chi connectivity index (χ3v) is 3.05. The van der Waals surface area contributed by atoms with Crippen LogP contribution in [-0.4, -0.2) is 40.6 Å². The highest BCUT2D eigenvalue weighted by Gasteiger charge is 2.20. The SMILES string of the molecule is CC(C)O/N=C(/N)c1ccc(CNC(=O)C(C)NC(=O)OC(C)(C)C)nc1. The molecule has 2 amide bonds. The lowest BCUT2D eigenvalue weighted by Crippen LogP contribution is -2.46. The van der Waals surface area contributed by atoms with Gasteiger partial charge in [-0.3, -0.25) is 9.78 Å². The standard InChI is InChI=1S/C18H29N5O4/c1-11(2)27-23-15(19)13-7-8-14(20-9-13)10-21-16(24)12(3)22-17(25)26-18(4,5)6/h7-9,11-12H,10H2,1-6H3,(H2,19,23)(H,21,24)(H,22,25). The summed E-state index contributed by atoms with van der Waals surface area (Å²) in [5.74, 6) is -0.125. The van der Waals surface area contributed by atoms with Gasteiger partial charge in [-0.25, -0.2) is 4.79 Å². The normalized spacial score (nSPS) is 13.1. The summed E-state index contributed by atoms with van der Waals surface area (Å²) in [6.07, 6.45) is 0.833. The number of alkyl carbamates (subject to hydrolysis) is 1. The first-order valence-electron chi connectivity index (χ1n) is 8.69. The number of aromatic nitrogens is 1. The predicted molar refractivity (Wildman–Crippen MR) is 102 cm³/mol. The average molecular weight is 379 g/mol. The van der Waals surface area contributed by atoms with Gasteiger partial charge in [0.15, 0.2) is 5.84 Å². The molecule has 0 fully saturated rings. The van der Waals surface area contributed by atoms with E-state index in [9.17, 15) is 9.59 Å². The van der Waals surface area contributed by atoms with Crippen molar-refractivity contribution in [3.63, 3.8) is 0 Å². The lowest BCUT2D eigenvalue weighted by Gasteiger charge is -2.21. The lowest BCUT2D eigenvalue weighted by molar-refractivity contribution is -0.123. The molecule has 27 heavy (non-hydrogen) atoms. The molecule has 0 aromatic carbocycles. The maximum Gasteiger partial charge on any atom is 0.408 e. The number of ether oxygens (including phenoxy) is 1. The number of carbonyl (C=O) groups is 2. The van der Waals surface area contributed by atoms with Crippen LogP contribution in [0.3, 0.4) is 0 Å². The Morgan fingerprint density at radius 2 is 1.93 bits per heavy atom. The van der Waals surface area contributed by atoms with Gasteiger partial charge in [-0.2, -0.15) is 0 Å². The Hall–Kier alpha value is -2.84. The zero-order valence-electron chi connectivity index (χ0n) is 16.7. The maximum atomic E-state index is 12.1. The molecule has 0 aliphatic rings. The van der Waals surface area contributed by atoms with Crippen LogP contribution in [-0.2, 0) is 20.9 Å². The molecule has 0 bridgehead atoms. The Balaban J connectivity index is 2.52. The van der Waals surface area contributed by atoms with Crippen molar-refractivity contribution < 1.29 is 19.2 Å². The highest BCUT2D eigenvalue weighted by Crippen LogP contribution is 2.07. The third kappa shape index (κ3) is 8.89. The Morgan fingerprint density at radius 3 is 2.44 bits per heavy atom. The molecule has 1 atom stereocenters. The monoisotopic (exact) mass is 379 g/mol. The first-order chi connectivity index (χ1) is 12.5. The molecular formula is C18H29N5O4. The number of oxime groups is 1. The zero-order valence-corrected chi connectivity index (χ0v) is 16.7. The van der Waals surface area contributed by atoms with Gasteiger partial charge in [0, 0.05) is 11.8 Å². The van der Waals surface area contributed by atoms with E-state index in [1.165, 1.54) is 0 Å². The first-order valence-corrected chi connectivity index (χ1v) is 8.69. The number of amides is 2. The van der Waals surface area contributed by atoms with Gasteiger partial charge in [0.2, 0.25) is 5.91 Å². The number of hydrogen-bond acceptors (Lipinski definition) is 6. The highest BCUT2D eigenvalue weighted by molar-refractivity contribution is 5.96. The highest BCUT2D eigenvalue weighted by atomic mass is 16.6. The van der Waals surface area contributed by atoms with Crippen molar-refractivity contribution in [2.45, 2.75) is 65.8 Å². The topological polar surface area (TPSA) is 128 Å². The number of carbonyl (C=O) groups excluding carboxylic acids is 2. The van der Waals surface area contributed by atoms with Crippen LogP contribution < -0.4 is 16.4 Å². The molecule has 9 heteroatoms. The lowest BCUT2D eigenvalue weighted by atomic mass is 10.2. The molecule has 1 aromatic rings. The van der Waals surface area contributed by atoms with Gasteiger partial charge in [-0.15, -0.1) is 0 Å². The Labute approximate surface area is 159 Å². The molecule has 0 saturated heterocycles. The van der Waals surface area contributed by atoms with E-state index < -0.39 is 17.7 Å². The second kappa shape index (κ2) is 9.75. The zero-order chi connectivity index (χ0) is 20.6. The number of nitrogens with two attached hydrogens (primary N) is 1.